The summed E-state index contributed by atoms with van der Waals surface area (Å²) in [5, 5.41) is 16.7. The second kappa shape index (κ2) is 30.9. The van der Waals surface area contributed by atoms with Crippen LogP contribution in [0.25, 0.3) is 50.2 Å². The summed E-state index contributed by atoms with van der Waals surface area (Å²) in [6, 6.07) is 88.1. The summed E-state index contributed by atoms with van der Waals surface area (Å²) < 4.78 is 46.2. The number of hydrogen-bond acceptors (Lipinski definition) is 15. The zero-order chi connectivity index (χ0) is 72.9. The molecule has 18 nitrogen and oxygen atoms in total. The fourth-order valence-electron chi connectivity index (χ4n) is 16.0. The first-order valence-corrected chi connectivity index (χ1v) is 37.3. The highest BCUT2D eigenvalue weighted by Gasteiger charge is 2.47. The maximum Gasteiger partial charge on any atom is 0.416 e. The van der Waals surface area contributed by atoms with Crippen LogP contribution in [0, 0.1) is 0 Å². The molecule has 0 aliphatic carbocycles. The van der Waals surface area contributed by atoms with Gasteiger partial charge in [-0.05, 0) is 100 Å². The van der Waals surface area contributed by atoms with Gasteiger partial charge in [-0.25, -0.2) is 43.9 Å². The number of likely N-dealkylation sites (tertiary alicyclic amines) is 1. The second-order valence-corrected chi connectivity index (χ2v) is 28.4. The lowest BCUT2D eigenvalue weighted by atomic mass is 9.95. The number of benzene rings is 9. The smallest absolute Gasteiger partial charge is 0.353 e. The van der Waals surface area contributed by atoms with Crippen molar-refractivity contribution in [1.82, 2.24) is 73.9 Å². The average Bonchev–Trinajstić information content (AvgIpc) is 1.57. The third-order valence-corrected chi connectivity index (χ3v) is 21.6. The van der Waals surface area contributed by atoms with Crippen LogP contribution in [0.1, 0.15) is 63.5 Å². The number of halogens is 4. The summed E-state index contributed by atoms with van der Waals surface area (Å²) in [5.41, 5.74) is 12.0. The van der Waals surface area contributed by atoms with E-state index in [0.717, 1.165) is 142 Å². The molecule has 4 aliphatic rings. The molecule has 0 radical (unpaired) electrons. The summed E-state index contributed by atoms with van der Waals surface area (Å²) in [4.78, 5) is 42.3. The summed E-state index contributed by atoms with van der Waals surface area (Å²) in [6.07, 6.45) is 7.30. The van der Waals surface area contributed by atoms with E-state index >= 15 is 0 Å². The molecule has 4 unspecified atom stereocenters. The molecular weight excluding hydrogens is 1420 g/mol. The van der Waals surface area contributed by atoms with Crippen LogP contribution in [0.5, 0.6) is 0 Å². The number of alkyl halides is 3. The van der Waals surface area contributed by atoms with Gasteiger partial charge in [-0.1, -0.05) is 216 Å². The molecule has 19 rings (SSSR count). The van der Waals surface area contributed by atoms with Crippen molar-refractivity contribution in [3.8, 4) is 17.1 Å². The standard InChI is InChI=1S/C29H25F3N6.C29H26N6.C28H25BrN6/c30-29(31,32)23-13-11-22(12-14-23)26(21-7-3-1-4-8-21)36-15-17-37(18-16-36)27-25-19-35-38(28(25)34-20-33-27)24-9-5-2-6-10-24;1-4-10-21(11-5-1)27(22-12-6-2-7-13-22)33-18-25-16-24(33)19-34(25)28-26-17-32-35(29(26)31-20-30-28)23-14-8-3-9-15-23;29-23-13-11-22(12-14-23)26(21-7-3-1-4-8-21)33-15-17-34(18-16-33)27-25-19-32-35(28(25)31-20-30-27)24-9-5-2-6-10-24/h1-14,19-20,26H,15-18H2;1-15,17,20,24-25,27H,16,18-19H2;1-14,19-20,26H,15-18H2. The molecule has 4 atom stereocenters. The first kappa shape index (κ1) is 69.2. The van der Waals surface area contributed by atoms with E-state index in [2.05, 4.69) is 213 Å². The van der Waals surface area contributed by atoms with E-state index in [1.807, 2.05) is 136 Å². The van der Waals surface area contributed by atoms with E-state index in [0.29, 0.717) is 25.2 Å². The predicted molar refractivity (Wildman–Crippen MR) is 421 cm³/mol. The molecular formula is C86H76BrF3N18. The first-order valence-electron chi connectivity index (χ1n) is 36.5. The maximum absolute atomic E-state index is 13.2. The fourth-order valence-corrected chi connectivity index (χ4v) is 16.3. The highest BCUT2D eigenvalue weighted by Crippen LogP contribution is 2.44. The lowest BCUT2D eigenvalue weighted by Gasteiger charge is -2.40. The molecule has 15 aromatic rings. The third-order valence-electron chi connectivity index (χ3n) is 21.1. The Hall–Kier alpha value is -11.8. The summed E-state index contributed by atoms with van der Waals surface area (Å²) in [5.74, 6) is 2.79. The van der Waals surface area contributed by atoms with E-state index in [4.69, 9.17) is 4.98 Å². The molecule has 0 N–H and O–H groups in total. The van der Waals surface area contributed by atoms with E-state index < -0.39 is 11.7 Å². The van der Waals surface area contributed by atoms with E-state index in [9.17, 15) is 13.2 Å². The number of hydrogen-bond donors (Lipinski definition) is 0. The van der Waals surface area contributed by atoms with Crippen molar-refractivity contribution >= 4 is 66.5 Å². The molecule has 22 heteroatoms. The third kappa shape index (κ3) is 14.3. The van der Waals surface area contributed by atoms with Gasteiger partial charge in [-0.15, -0.1) is 0 Å². The number of aromatic nitrogens is 12. The average molecular weight is 1500 g/mol. The molecule has 6 aromatic heterocycles. The summed E-state index contributed by atoms with van der Waals surface area (Å²) in [6.45, 7) is 8.50. The van der Waals surface area contributed by atoms with E-state index in [1.165, 1.54) is 34.4 Å². The summed E-state index contributed by atoms with van der Waals surface area (Å²) in [7, 11) is 0. The largest absolute Gasteiger partial charge is 0.416 e. The van der Waals surface area contributed by atoms with Crippen molar-refractivity contribution in [2.24, 2.45) is 0 Å². The molecule has 108 heavy (non-hydrogen) atoms. The van der Waals surface area contributed by atoms with Gasteiger partial charge in [-0.3, -0.25) is 14.7 Å². The number of piperazine rings is 3. The van der Waals surface area contributed by atoms with Gasteiger partial charge in [0.1, 0.15) is 36.4 Å². The van der Waals surface area contributed by atoms with Crippen LogP contribution in [0.3, 0.4) is 0 Å². The number of nitrogens with zero attached hydrogens (tertiary/aromatic N) is 18. The van der Waals surface area contributed by atoms with Gasteiger partial charge in [0.2, 0.25) is 0 Å². The normalized spacial score (nSPS) is 16.9. The quantitative estimate of drug-likeness (QED) is 0.0957. The minimum atomic E-state index is -4.36. The maximum atomic E-state index is 13.2. The zero-order valence-electron chi connectivity index (χ0n) is 59.0. The monoisotopic (exact) mass is 1500 g/mol. The summed E-state index contributed by atoms with van der Waals surface area (Å²) >= 11 is 3.58. The van der Waals surface area contributed by atoms with Crippen LogP contribution in [-0.4, -0.2) is 151 Å². The van der Waals surface area contributed by atoms with Crippen LogP contribution < -0.4 is 14.7 Å². The van der Waals surface area contributed by atoms with Crippen molar-refractivity contribution in [2.75, 3.05) is 80.1 Å². The highest BCUT2D eigenvalue weighted by atomic mass is 79.9. The molecule has 0 spiro atoms. The second-order valence-electron chi connectivity index (χ2n) is 27.4. The van der Waals surface area contributed by atoms with E-state index in [1.54, 1.807) is 37.3 Å². The van der Waals surface area contributed by atoms with Gasteiger partial charge in [0.25, 0.3) is 0 Å². The fraction of sp³-hybridized carbons (Fsp3) is 0.198. The highest BCUT2D eigenvalue weighted by molar-refractivity contribution is 9.10. The van der Waals surface area contributed by atoms with Gasteiger partial charge in [0.15, 0.2) is 16.9 Å². The molecule has 4 saturated heterocycles. The molecule has 0 amide bonds. The van der Waals surface area contributed by atoms with Crippen LogP contribution in [0.4, 0.5) is 30.6 Å². The van der Waals surface area contributed by atoms with Gasteiger partial charge in [0.05, 0.1) is 75.5 Å². The lowest BCUT2D eigenvalue weighted by Crippen LogP contribution is -2.48. The number of rotatable bonds is 15. The molecule has 2 bridgehead atoms. The minimum absolute atomic E-state index is 0.146. The lowest BCUT2D eigenvalue weighted by molar-refractivity contribution is -0.137. The van der Waals surface area contributed by atoms with Gasteiger partial charge >= 0.3 is 6.18 Å². The van der Waals surface area contributed by atoms with Crippen molar-refractivity contribution in [3.05, 3.63) is 342 Å². The Morgan fingerprint density at radius 2 is 0.657 bits per heavy atom. The molecule has 4 fully saturated rings. The molecule has 10 heterocycles. The Morgan fingerprint density at radius 3 is 1.01 bits per heavy atom. The minimum Gasteiger partial charge on any atom is -0.353 e. The van der Waals surface area contributed by atoms with Crippen LogP contribution in [-0.2, 0) is 6.18 Å². The van der Waals surface area contributed by atoms with Crippen LogP contribution in [0.2, 0.25) is 0 Å². The van der Waals surface area contributed by atoms with Gasteiger partial charge in [-0.2, -0.15) is 28.5 Å². The molecule has 538 valence electrons. The number of para-hydroxylation sites is 3. The number of anilines is 3. The van der Waals surface area contributed by atoms with Crippen molar-refractivity contribution in [2.45, 2.75) is 42.8 Å². The van der Waals surface area contributed by atoms with E-state index in [-0.39, 0.29) is 18.1 Å². The SMILES string of the molecule is Brc1ccc(C(c2ccccc2)N2CCN(c3ncnc4c3cnn4-c3ccccc3)CC2)cc1.FC(F)(F)c1ccc(C(c2ccccc2)N2CCN(c3ncnc4c3cnn4-c3ccccc3)CC2)cc1.c1ccc(C(c2ccccc2)N2CC3CC2CN3c2ncnc3c2cnn3-c2ccccc2)cc1. The molecule has 0 saturated carbocycles. The predicted octanol–water partition coefficient (Wildman–Crippen LogP) is 16.1. The van der Waals surface area contributed by atoms with Crippen molar-refractivity contribution < 1.29 is 13.2 Å². The van der Waals surface area contributed by atoms with Crippen LogP contribution in [0.15, 0.2) is 303 Å². The Labute approximate surface area is 631 Å². The molecule has 9 aromatic carbocycles. The Bertz CT molecular complexity index is 5420. The zero-order valence-corrected chi connectivity index (χ0v) is 60.6. The Balaban J connectivity index is 0.000000119. The topological polar surface area (TPSA) is 150 Å². The molecule has 4 aliphatic heterocycles. The van der Waals surface area contributed by atoms with Crippen molar-refractivity contribution in [1.29, 1.82) is 0 Å². The first-order chi connectivity index (χ1) is 53.1. The Morgan fingerprint density at radius 1 is 0.333 bits per heavy atom. The van der Waals surface area contributed by atoms with Crippen molar-refractivity contribution in [3.63, 3.8) is 0 Å². The van der Waals surface area contributed by atoms with Gasteiger partial charge < -0.3 is 14.7 Å². The Kier molecular flexibility index (Phi) is 19.8. The van der Waals surface area contributed by atoms with Gasteiger partial charge in [0, 0.05) is 82.0 Å². The number of fused-ring (bicyclic) bond motifs is 5. The van der Waals surface area contributed by atoms with Crippen LogP contribution >= 0.6 is 15.9 Å².